The summed E-state index contributed by atoms with van der Waals surface area (Å²) in [6.45, 7) is 0. The molecule has 0 amide bonds. The van der Waals surface area contributed by atoms with Gasteiger partial charge in [-0.2, -0.15) is 0 Å². The van der Waals surface area contributed by atoms with Crippen LogP contribution < -0.4 is 5.73 Å². The van der Waals surface area contributed by atoms with E-state index >= 15 is 0 Å². The van der Waals surface area contributed by atoms with Gasteiger partial charge in [-0.1, -0.05) is 45.9 Å². The van der Waals surface area contributed by atoms with Crippen LogP contribution in [0.15, 0.2) is 62.9 Å². The van der Waals surface area contributed by atoms with Gasteiger partial charge in [-0.25, -0.2) is 9.97 Å². The number of nitrogens with two attached hydrogens (primary N) is 1. The van der Waals surface area contributed by atoms with Crippen LogP contribution in [0.4, 0.5) is 5.95 Å². The topological polar surface area (TPSA) is 51.8 Å². The molecule has 2 N–H and O–H groups in total. The molecule has 19 heavy (non-hydrogen) atoms. The Hall–Kier alpha value is -1.59. The first-order valence-electron chi connectivity index (χ1n) is 5.68. The number of nitrogen functional groups attached to an aromatic ring is 1. The molecule has 3 aromatic rings. The lowest BCUT2D eigenvalue weighted by atomic mass is 10.2. The summed E-state index contributed by atoms with van der Waals surface area (Å²) in [5.74, 6) is 0.304. The van der Waals surface area contributed by atoms with Crippen molar-refractivity contribution in [2.75, 3.05) is 5.73 Å². The van der Waals surface area contributed by atoms with Crippen molar-refractivity contribution in [3.05, 3.63) is 53.0 Å². The molecule has 0 unspecified atom stereocenters. The zero-order valence-corrected chi connectivity index (χ0v) is 12.3. The zero-order valence-electron chi connectivity index (χ0n) is 9.88. The summed E-state index contributed by atoms with van der Waals surface area (Å²) in [5.41, 5.74) is 6.63. The zero-order chi connectivity index (χ0) is 13.2. The molecule has 0 saturated carbocycles. The van der Waals surface area contributed by atoms with Crippen LogP contribution in [0.2, 0.25) is 0 Å². The molecule has 0 atom stereocenters. The van der Waals surface area contributed by atoms with Gasteiger partial charge in [0, 0.05) is 14.8 Å². The number of hydrogen-bond acceptors (Lipinski definition) is 4. The number of fused-ring (bicyclic) bond motifs is 1. The highest BCUT2D eigenvalue weighted by atomic mass is 79.9. The van der Waals surface area contributed by atoms with Gasteiger partial charge in [0.05, 0.1) is 5.52 Å². The number of benzene rings is 2. The maximum absolute atomic E-state index is 5.76. The summed E-state index contributed by atoms with van der Waals surface area (Å²) in [6, 6.07) is 16.0. The van der Waals surface area contributed by atoms with Crippen molar-refractivity contribution >= 4 is 44.5 Å². The molecule has 0 aliphatic heterocycles. The fourth-order valence-corrected chi connectivity index (χ4v) is 2.94. The summed E-state index contributed by atoms with van der Waals surface area (Å²) in [4.78, 5) is 9.69. The largest absolute Gasteiger partial charge is 0.368 e. The molecule has 0 aliphatic carbocycles. The lowest BCUT2D eigenvalue weighted by molar-refractivity contribution is 1.12. The van der Waals surface area contributed by atoms with Crippen LogP contribution in [-0.2, 0) is 0 Å². The van der Waals surface area contributed by atoms with Crippen molar-refractivity contribution in [3.63, 3.8) is 0 Å². The van der Waals surface area contributed by atoms with Crippen molar-refractivity contribution in [2.45, 2.75) is 9.92 Å². The first kappa shape index (κ1) is 12.4. The van der Waals surface area contributed by atoms with Crippen LogP contribution in [0.1, 0.15) is 0 Å². The van der Waals surface area contributed by atoms with E-state index in [0.717, 1.165) is 25.3 Å². The van der Waals surface area contributed by atoms with E-state index in [4.69, 9.17) is 5.73 Å². The van der Waals surface area contributed by atoms with Gasteiger partial charge in [-0.05, 0) is 30.3 Å². The molecule has 5 heteroatoms. The summed E-state index contributed by atoms with van der Waals surface area (Å²) in [7, 11) is 0. The Kier molecular flexibility index (Phi) is 3.40. The molecule has 0 spiro atoms. The second kappa shape index (κ2) is 5.19. The summed E-state index contributed by atoms with van der Waals surface area (Å²) < 4.78 is 1.06. The molecule has 0 bridgehead atoms. The molecule has 0 radical (unpaired) electrons. The van der Waals surface area contributed by atoms with Crippen molar-refractivity contribution in [1.29, 1.82) is 0 Å². The van der Waals surface area contributed by atoms with Crippen LogP contribution in [0.3, 0.4) is 0 Å². The third-order valence-electron chi connectivity index (χ3n) is 2.61. The molecular formula is C14H10BrN3S. The minimum Gasteiger partial charge on any atom is -0.368 e. The highest BCUT2D eigenvalue weighted by Crippen LogP contribution is 2.32. The van der Waals surface area contributed by atoms with Gasteiger partial charge in [0.25, 0.3) is 0 Å². The van der Waals surface area contributed by atoms with Gasteiger partial charge < -0.3 is 5.73 Å². The van der Waals surface area contributed by atoms with E-state index in [1.54, 1.807) is 11.8 Å². The Morgan fingerprint density at radius 3 is 2.47 bits per heavy atom. The standard InChI is InChI=1S/C14H10BrN3S/c15-9-5-7-10(8-6-9)19-13-11-3-1-2-4-12(11)17-14(16)18-13/h1-8H,(H2,16,17,18). The minimum absolute atomic E-state index is 0.304. The predicted molar refractivity (Wildman–Crippen MR) is 82.2 cm³/mol. The van der Waals surface area contributed by atoms with Gasteiger partial charge in [-0.3, -0.25) is 0 Å². The van der Waals surface area contributed by atoms with Crippen LogP contribution in [-0.4, -0.2) is 9.97 Å². The number of nitrogens with zero attached hydrogens (tertiary/aromatic N) is 2. The lowest BCUT2D eigenvalue weighted by Crippen LogP contribution is -1.96. The Balaban J connectivity index is 2.07. The number of para-hydroxylation sites is 1. The lowest BCUT2D eigenvalue weighted by Gasteiger charge is -2.06. The first-order chi connectivity index (χ1) is 9.22. The molecule has 0 aliphatic rings. The van der Waals surface area contributed by atoms with Crippen LogP contribution in [0.5, 0.6) is 0 Å². The van der Waals surface area contributed by atoms with Crippen molar-refractivity contribution in [1.82, 2.24) is 9.97 Å². The second-order valence-electron chi connectivity index (χ2n) is 3.96. The van der Waals surface area contributed by atoms with E-state index in [0.29, 0.717) is 5.95 Å². The number of halogens is 1. The van der Waals surface area contributed by atoms with Crippen LogP contribution >= 0.6 is 27.7 Å². The highest BCUT2D eigenvalue weighted by molar-refractivity contribution is 9.10. The van der Waals surface area contributed by atoms with Gasteiger partial charge in [0.15, 0.2) is 0 Å². The summed E-state index contributed by atoms with van der Waals surface area (Å²) in [5, 5.41) is 1.90. The number of anilines is 1. The van der Waals surface area contributed by atoms with Crippen molar-refractivity contribution in [3.8, 4) is 0 Å². The van der Waals surface area contributed by atoms with Gasteiger partial charge in [0.1, 0.15) is 5.03 Å². The number of aromatic nitrogens is 2. The Morgan fingerprint density at radius 1 is 0.947 bits per heavy atom. The predicted octanol–water partition coefficient (Wildman–Crippen LogP) is 4.13. The van der Waals surface area contributed by atoms with Crippen LogP contribution in [0, 0.1) is 0 Å². The molecular weight excluding hydrogens is 322 g/mol. The van der Waals surface area contributed by atoms with E-state index in [1.165, 1.54) is 0 Å². The van der Waals surface area contributed by atoms with Crippen molar-refractivity contribution < 1.29 is 0 Å². The SMILES string of the molecule is Nc1nc(Sc2ccc(Br)cc2)c2ccccc2n1. The first-order valence-corrected chi connectivity index (χ1v) is 7.29. The molecule has 0 saturated heterocycles. The van der Waals surface area contributed by atoms with E-state index in [2.05, 4.69) is 25.9 Å². The summed E-state index contributed by atoms with van der Waals surface area (Å²) >= 11 is 5.02. The Labute approximate surface area is 123 Å². The third kappa shape index (κ3) is 2.72. The molecule has 3 nitrogen and oxygen atoms in total. The monoisotopic (exact) mass is 331 g/mol. The smallest absolute Gasteiger partial charge is 0.221 e. The molecule has 1 heterocycles. The maximum Gasteiger partial charge on any atom is 0.221 e. The second-order valence-corrected chi connectivity index (χ2v) is 5.94. The molecule has 3 rings (SSSR count). The van der Waals surface area contributed by atoms with E-state index in [-0.39, 0.29) is 0 Å². The van der Waals surface area contributed by atoms with Crippen molar-refractivity contribution in [2.24, 2.45) is 0 Å². The minimum atomic E-state index is 0.304. The number of hydrogen-bond donors (Lipinski definition) is 1. The van der Waals surface area contributed by atoms with Gasteiger partial charge in [-0.15, -0.1) is 0 Å². The maximum atomic E-state index is 5.76. The van der Waals surface area contributed by atoms with E-state index in [9.17, 15) is 0 Å². The third-order valence-corrected chi connectivity index (χ3v) is 4.15. The van der Waals surface area contributed by atoms with Gasteiger partial charge in [0.2, 0.25) is 5.95 Å². The number of rotatable bonds is 2. The van der Waals surface area contributed by atoms with E-state index in [1.807, 2.05) is 48.5 Å². The van der Waals surface area contributed by atoms with Gasteiger partial charge >= 0.3 is 0 Å². The quantitative estimate of drug-likeness (QED) is 0.717. The normalized spacial score (nSPS) is 10.8. The average molecular weight is 332 g/mol. The fourth-order valence-electron chi connectivity index (χ4n) is 1.76. The van der Waals surface area contributed by atoms with Crippen LogP contribution in [0.25, 0.3) is 10.9 Å². The summed E-state index contributed by atoms with van der Waals surface area (Å²) in [6.07, 6.45) is 0. The molecule has 1 aromatic heterocycles. The molecule has 94 valence electrons. The Morgan fingerprint density at radius 2 is 1.68 bits per heavy atom. The highest BCUT2D eigenvalue weighted by Gasteiger charge is 2.07. The fraction of sp³-hybridized carbons (Fsp3) is 0. The Bertz CT molecular complexity index is 728. The molecule has 2 aromatic carbocycles. The van der Waals surface area contributed by atoms with E-state index < -0.39 is 0 Å². The average Bonchev–Trinajstić information content (AvgIpc) is 2.41. The molecule has 0 fully saturated rings.